The van der Waals surface area contributed by atoms with Gasteiger partial charge in [-0.1, -0.05) is 207 Å². The molecule has 0 rings (SSSR count). The zero-order chi connectivity index (χ0) is 44.2. The van der Waals surface area contributed by atoms with Crippen LogP contribution in [0.5, 0.6) is 0 Å². The molecule has 1 N–H and O–H groups in total. The molecule has 0 aliphatic rings. The summed E-state index contributed by atoms with van der Waals surface area (Å²) in [5, 5.41) is 3.12. The first-order chi connectivity index (χ1) is 29.3. The summed E-state index contributed by atoms with van der Waals surface area (Å²) < 4.78 is 12.8. The summed E-state index contributed by atoms with van der Waals surface area (Å²) in [6.45, 7) is 26.0. The number of ether oxygens (including phenoxy) is 2. The first kappa shape index (κ1) is 58.1. The molecule has 0 spiro atoms. The Balaban J connectivity index is 4.63. The van der Waals surface area contributed by atoms with Gasteiger partial charge in [0.2, 0.25) is 5.91 Å². The van der Waals surface area contributed by atoms with Crippen LogP contribution in [0.3, 0.4) is 0 Å². The molecule has 0 bridgehead atoms. The molecule has 0 saturated heterocycles. The van der Waals surface area contributed by atoms with Gasteiger partial charge in [0.25, 0.3) is 0 Å². The van der Waals surface area contributed by atoms with Crippen molar-refractivity contribution in [3.05, 3.63) is 36.1 Å². The normalized spacial score (nSPS) is 11.4. The van der Waals surface area contributed by atoms with Gasteiger partial charge in [0, 0.05) is 25.3 Å². The molecule has 0 saturated carbocycles. The quantitative estimate of drug-likeness (QED) is 0.0377. The summed E-state index contributed by atoms with van der Waals surface area (Å²) in [5.41, 5.74) is 6.28. The Morgan fingerprint density at radius 3 is 1.43 bits per heavy atom. The summed E-state index contributed by atoms with van der Waals surface area (Å²) in [5.74, 6) is 2.97. The maximum Gasteiger partial charge on any atom is 0.222 e. The van der Waals surface area contributed by atoms with Crippen molar-refractivity contribution in [2.75, 3.05) is 32.8 Å². The first-order valence-electron chi connectivity index (χ1n) is 26.4. The van der Waals surface area contributed by atoms with Gasteiger partial charge in [-0.2, -0.15) is 0 Å². The molecule has 0 unspecified atom stereocenters. The van der Waals surface area contributed by atoms with Crippen LogP contribution in [0.2, 0.25) is 0 Å². The van der Waals surface area contributed by atoms with Crippen molar-refractivity contribution < 1.29 is 14.3 Å². The summed E-state index contributed by atoms with van der Waals surface area (Å²) in [6, 6.07) is 0. The zero-order valence-electron chi connectivity index (χ0n) is 41.4. The highest BCUT2D eigenvalue weighted by Gasteiger charge is 2.13. The van der Waals surface area contributed by atoms with E-state index in [1.54, 1.807) is 0 Å². The number of nitrogens with zero attached hydrogens (tertiary/aromatic N) is 1. The molecule has 0 fully saturated rings. The van der Waals surface area contributed by atoms with E-state index in [0.29, 0.717) is 6.10 Å². The smallest absolute Gasteiger partial charge is 0.222 e. The molecule has 0 heterocycles. The Labute approximate surface area is 375 Å². The van der Waals surface area contributed by atoms with Crippen molar-refractivity contribution in [1.82, 2.24) is 10.2 Å². The van der Waals surface area contributed by atoms with Crippen LogP contribution < -0.4 is 5.32 Å². The number of rotatable bonds is 47. The summed E-state index contributed by atoms with van der Waals surface area (Å²) >= 11 is 0. The van der Waals surface area contributed by atoms with E-state index in [4.69, 9.17) is 9.47 Å². The van der Waals surface area contributed by atoms with E-state index >= 15 is 0 Å². The number of carbonyl (C=O) groups excluding carboxylic acids is 1. The van der Waals surface area contributed by atoms with Gasteiger partial charge < -0.3 is 19.7 Å². The fraction of sp³-hybridized carbons (Fsp3) is 0.873. The minimum absolute atomic E-state index is 0.0467. The van der Waals surface area contributed by atoms with Crippen LogP contribution in [0.25, 0.3) is 0 Å². The van der Waals surface area contributed by atoms with Crippen molar-refractivity contribution >= 4 is 5.91 Å². The van der Waals surface area contributed by atoms with Crippen LogP contribution in [-0.2, 0) is 14.3 Å². The van der Waals surface area contributed by atoms with Gasteiger partial charge in [-0.15, -0.1) is 0 Å². The Hall–Kier alpha value is -1.93. The molecule has 60 heavy (non-hydrogen) atoms. The van der Waals surface area contributed by atoms with Crippen LogP contribution in [0.4, 0.5) is 0 Å². The molecular formula is C55H104N2O3. The van der Waals surface area contributed by atoms with Crippen molar-refractivity contribution in [2.45, 2.75) is 266 Å². The minimum Gasteiger partial charge on any atom is -0.490 e. The summed E-state index contributed by atoms with van der Waals surface area (Å²) in [7, 11) is 0. The van der Waals surface area contributed by atoms with Crippen LogP contribution in [-0.4, -0.2) is 49.7 Å². The Morgan fingerprint density at radius 1 is 0.517 bits per heavy atom. The molecule has 0 radical (unpaired) electrons. The topological polar surface area (TPSA) is 50.8 Å². The third kappa shape index (κ3) is 37.8. The average molecular weight is 841 g/mol. The van der Waals surface area contributed by atoms with E-state index in [9.17, 15) is 4.79 Å². The third-order valence-electron chi connectivity index (χ3n) is 12.4. The van der Waals surface area contributed by atoms with Crippen molar-refractivity contribution in [1.29, 1.82) is 0 Å². The zero-order valence-corrected chi connectivity index (χ0v) is 41.4. The average Bonchev–Trinajstić information content (AvgIpc) is 3.25. The molecule has 0 aromatic carbocycles. The van der Waals surface area contributed by atoms with Gasteiger partial charge in [-0.3, -0.25) is 4.79 Å². The maximum atomic E-state index is 12.1. The van der Waals surface area contributed by atoms with E-state index < -0.39 is 0 Å². The summed E-state index contributed by atoms with van der Waals surface area (Å²) in [6.07, 6.45) is 43.1. The third-order valence-corrected chi connectivity index (χ3v) is 12.4. The highest BCUT2D eigenvalue weighted by atomic mass is 16.5. The lowest BCUT2D eigenvalue weighted by molar-refractivity contribution is -0.123. The van der Waals surface area contributed by atoms with Gasteiger partial charge in [0.05, 0.1) is 12.7 Å². The van der Waals surface area contributed by atoms with Crippen LogP contribution in [0.1, 0.15) is 260 Å². The highest BCUT2D eigenvalue weighted by molar-refractivity contribution is 5.77. The van der Waals surface area contributed by atoms with Gasteiger partial charge in [0.1, 0.15) is 11.5 Å². The minimum atomic E-state index is 0.0467. The second kappa shape index (κ2) is 45.1. The maximum absolute atomic E-state index is 12.1. The Bertz CT molecular complexity index is 1020. The lowest BCUT2D eigenvalue weighted by atomic mass is 9.93. The molecule has 0 aliphatic carbocycles. The SMILES string of the molecule is C=C=C(CCCCCCCN(CCCCCCCC(=C=C)OC(CCCCCCCC)CCCCCCCC)CCCNC(=O)C(C)C)OCCC(CCCC)CCCC. The van der Waals surface area contributed by atoms with E-state index in [-0.39, 0.29) is 11.8 Å². The Morgan fingerprint density at radius 2 is 0.950 bits per heavy atom. The van der Waals surface area contributed by atoms with Gasteiger partial charge in [0.15, 0.2) is 0 Å². The second-order valence-electron chi connectivity index (χ2n) is 18.5. The molecule has 5 heteroatoms. The lowest BCUT2D eigenvalue weighted by Crippen LogP contribution is -2.33. The monoisotopic (exact) mass is 841 g/mol. The molecule has 0 atom stereocenters. The van der Waals surface area contributed by atoms with Crippen LogP contribution in [0.15, 0.2) is 36.1 Å². The molecule has 0 aromatic heterocycles. The fourth-order valence-corrected chi connectivity index (χ4v) is 8.29. The van der Waals surface area contributed by atoms with E-state index in [0.717, 1.165) is 88.7 Å². The standard InChI is InChI=1S/C55H104N2O3/c1-9-15-19-21-25-33-42-54(43-34-26-22-20-16-10-2)60-53(14-6)41-32-28-24-30-36-47-57(48-37-45-56-55(58)50(7)8)46-35-29-23-27-31-40-52(13-5)59-49-44-51(38-17-11-3)39-18-12-4/h50-51,54H,5-6,9-12,15-49H2,1-4,7-8H3,(H,56,58). The number of allylic oxidation sites excluding steroid dienone is 2. The van der Waals surface area contributed by atoms with Crippen molar-refractivity contribution in [3.63, 3.8) is 0 Å². The van der Waals surface area contributed by atoms with E-state index in [1.807, 2.05) is 13.8 Å². The molecule has 5 nitrogen and oxygen atoms in total. The number of nitrogens with one attached hydrogen (secondary N) is 1. The van der Waals surface area contributed by atoms with Gasteiger partial charge >= 0.3 is 0 Å². The highest BCUT2D eigenvalue weighted by Crippen LogP contribution is 2.23. The first-order valence-corrected chi connectivity index (χ1v) is 26.4. The van der Waals surface area contributed by atoms with E-state index in [2.05, 4.69) is 62.5 Å². The number of hydrogen-bond donors (Lipinski definition) is 1. The predicted molar refractivity (Wildman–Crippen MR) is 264 cm³/mol. The van der Waals surface area contributed by atoms with E-state index in [1.165, 1.54) is 180 Å². The number of amides is 1. The predicted octanol–water partition coefficient (Wildman–Crippen LogP) is 16.8. The van der Waals surface area contributed by atoms with Crippen molar-refractivity contribution in [3.8, 4) is 0 Å². The Kier molecular flexibility index (Phi) is 43.7. The number of hydrogen-bond acceptors (Lipinski definition) is 4. The summed E-state index contributed by atoms with van der Waals surface area (Å²) in [4.78, 5) is 14.8. The fourth-order valence-electron chi connectivity index (χ4n) is 8.29. The number of carbonyl (C=O) groups is 1. The molecule has 0 aromatic rings. The number of unbranched alkanes of at least 4 members (excludes halogenated alkanes) is 20. The van der Waals surface area contributed by atoms with Gasteiger partial charge in [-0.25, -0.2) is 0 Å². The van der Waals surface area contributed by atoms with Crippen LogP contribution >= 0.6 is 0 Å². The van der Waals surface area contributed by atoms with Crippen molar-refractivity contribution in [2.24, 2.45) is 11.8 Å². The van der Waals surface area contributed by atoms with Gasteiger partial charge in [-0.05, 0) is 89.8 Å². The molecule has 352 valence electrons. The molecular weight excluding hydrogens is 737 g/mol. The lowest BCUT2D eigenvalue weighted by Gasteiger charge is -2.23. The largest absolute Gasteiger partial charge is 0.490 e. The molecule has 1 amide bonds. The molecule has 0 aliphatic heterocycles. The van der Waals surface area contributed by atoms with Crippen LogP contribution in [0, 0.1) is 11.8 Å². The second-order valence-corrected chi connectivity index (χ2v) is 18.5.